The molecule has 0 saturated carbocycles. The Labute approximate surface area is 74.6 Å². The van der Waals surface area contributed by atoms with Gasteiger partial charge in [-0.3, -0.25) is 9.36 Å². The van der Waals surface area contributed by atoms with Gasteiger partial charge in [0.15, 0.2) is 0 Å². The fourth-order valence-electron chi connectivity index (χ4n) is 1.68. The third kappa shape index (κ3) is 0.685. The van der Waals surface area contributed by atoms with E-state index in [1.165, 1.54) is 0 Å². The Kier molecular flexibility index (Phi) is 1.05. The molecule has 2 aromatic rings. The predicted octanol–water partition coefficient (Wildman–Crippen LogP) is 1.55. The van der Waals surface area contributed by atoms with Crippen molar-refractivity contribution in [1.29, 1.82) is 0 Å². The van der Waals surface area contributed by atoms with Crippen LogP contribution < -0.4 is 0 Å². The number of rotatable bonds is 0. The molecule has 0 unspecified atom stereocenters. The zero-order chi connectivity index (χ0) is 8.84. The van der Waals surface area contributed by atoms with Crippen LogP contribution in [-0.4, -0.2) is 15.5 Å². The highest BCUT2D eigenvalue weighted by Gasteiger charge is 2.25. The molecule has 0 atom stereocenters. The highest BCUT2D eigenvalue weighted by atomic mass is 16.2. The van der Waals surface area contributed by atoms with Crippen molar-refractivity contribution < 1.29 is 4.79 Å². The van der Waals surface area contributed by atoms with E-state index in [4.69, 9.17) is 0 Å². The average molecular weight is 170 g/mol. The van der Waals surface area contributed by atoms with Crippen molar-refractivity contribution in [3.63, 3.8) is 0 Å². The quantitative estimate of drug-likeness (QED) is 0.513. The van der Waals surface area contributed by atoms with Gasteiger partial charge in [-0.05, 0) is 6.07 Å². The smallest absolute Gasteiger partial charge is 0.264 e. The number of fused-ring (bicyclic) bond motifs is 3. The van der Waals surface area contributed by atoms with Gasteiger partial charge >= 0.3 is 0 Å². The van der Waals surface area contributed by atoms with E-state index in [2.05, 4.69) is 4.98 Å². The maximum Gasteiger partial charge on any atom is 0.264 e. The molecule has 0 N–H and O–H groups in total. The molecule has 1 aromatic heterocycles. The summed E-state index contributed by atoms with van der Waals surface area (Å²) in [6.45, 7) is 0. The number of nitrogens with zero attached hydrogens (tertiary/aromatic N) is 2. The minimum atomic E-state index is 0.0168. The molecule has 13 heavy (non-hydrogen) atoms. The minimum absolute atomic E-state index is 0.0168. The normalized spacial score (nSPS) is 12.8. The molecule has 3 heteroatoms. The molecule has 0 saturated heterocycles. The van der Waals surface area contributed by atoms with Crippen LogP contribution in [-0.2, 0) is 0 Å². The van der Waals surface area contributed by atoms with Gasteiger partial charge in [0, 0.05) is 11.1 Å². The minimum Gasteiger partial charge on any atom is -0.268 e. The molecule has 3 rings (SSSR count). The molecule has 0 amide bonds. The molecule has 1 aliphatic heterocycles. The van der Waals surface area contributed by atoms with Crippen molar-refractivity contribution in [2.24, 2.45) is 0 Å². The highest BCUT2D eigenvalue weighted by Crippen LogP contribution is 2.30. The van der Waals surface area contributed by atoms with Gasteiger partial charge in [0.05, 0.1) is 11.9 Å². The van der Waals surface area contributed by atoms with E-state index in [9.17, 15) is 4.79 Å². The van der Waals surface area contributed by atoms with Gasteiger partial charge in [-0.15, -0.1) is 0 Å². The fourth-order valence-corrected chi connectivity index (χ4v) is 1.68. The predicted molar refractivity (Wildman–Crippen MR) is 47.4 cm³/mol. The standard InChI is InChI=1S/C10H6N2O/c13-10-8-4-2-1-3-7(8)9-5-11-6-12(9)10/h1-6H. The zero-order valence-corrected chi connectivity index (χ0v) is 6.77. The van der Waals surface area contributed by atoms with Crippen molar-refractivity contribution >= 4 is 5.91 Å². The summed E-state index contributed by atoms with van der Waals surface area (Å²) in [7, 11) is 0. The second kappa shape index (κ2) is 2.07. The van der Waals surface area contributed by atoms with Crippen molar-refractivity contribution in [3.05, 3.63) is 42.4 Å². The Morgan fingerprint density at radius 3 is 2.77 bits per heavy atom. The van der Waals surface area contributed by atoms with E-state index in [-0.39, 0.29) is 5.91 Å². The van der Waals surface area contributed by atoms with E-state index in [0.717, 1.165) is 16.8 Å². The number of hydrogen-bond acceptors (Lipinski definition) is 2. The van der Waals surface area contributed by atoms with Gasteiger partial charge in [0.25, 0.3) is 5.91 Å². The van der Waals surface area contributed by atoms with Crippen LogP contribution in [0, 0.1) is 0 Å². The van der Waals surface area contributed by atoms with Crippen LogP contribution in [0.25, 0.3) is 11.3 Å². The molecule has 0 bridgehead atoms. The topological polar surface area (TPSA) is 34.9 Å². The monoisotopic (exact) mass is 170 g/mol. The number of imidazole rings is 1. The Balaban J connectivity index is 2.43. The Morgan fingerprint density at radius 1 is 1.15 bits per heavy atom. The molecule has 0 spiro atoms. The summed E-state index contributed by atoms with van der Waals surface area (Å²) in [6, 6.07) is 7.57. The van der Waals surface area contributed by atoms with E-state index < -0.39 is 0 Å². The molecule has 0 fully saturated rings. The van der Waals surface area contributed by atoms with Crippen molar-refractivity contribution in [2.45, 2.75) is 0 Å². The summed E-state index contributed by atoms with van der Waals surface area (Å²) in [5, 5.41) is 0. The molecule has 62 valence electrons. The van der Waals surface area contributed by atoms with Crippen molar-refractivity contribution in [2.75, 3.05) is 0 Å². The number of carbonyl (C=O) groups excluding carboxylic acids is 1. The maximum atomic E-state index is 11.7. The number of benzene rings is 1. The average Bonchev–Trinajstić information content (AvgIpc) is 2.72. The lowest BCUT2D eigenvalue weighted by Crippen LogP contribution is -2.03. The van der Waals surface area contributed by atoms with Crippen LogP contribution in [0.3, 0.4) is 0 Å². The highest BCUT2D eigenvalue weighted by molar-refractivity contribution is 6.08. The summed E-state index contributed by atoms with van der Waals surface area (Å²) in [4.78, 5) is 15.6. The second-order valence-corrected chi connectivity index (χ2v) is 3.00. The molecular formula is C10H6N2O. The van der Waals surface area contributed by atoms with Gasteiger partial charge in [-0.1, -0.05) is 18.2 Å². The van der Waals surface area contributed by atoms with Gasteiger partial charge in [-0.2, -0.15) is 0 Å². The maximum absolute atomic E-state index is 11.7. The van der Waals surface area contributed by atoms with Gasteiger partial charge in [0.1, 0.15) is 6.33 Å². The van der Waals surface area contributed by atoms with E-state index in [0.29, 0.717) is 0 Å². The summed E-state index contributed by atoms with van der Waals surface area (Å²) < 4.78 is 1.57. The third-order valence-corrected chi connectivity index (χ3v) is 2.29. The Hall–Kier alpha value is -1.90. The van der Waals surface area contributed by atoms with Gasteiger partial charge in [0.2, 0.25) is 0 Å². The number of aromatic nitrogens is 2. The Bertz CT molecular complexity index is 499. The van der Waals surface area contributed by atoms with Crippen LogP contribution in [0.2, 0.25) is 0 Å². The third-order valence-electron chi connectivity index (χ3n) is 2.29. The molecule has 0 radical (unpaired) electrons. The summed E-state index contributed by atoms with van der Waals surface area (Å²) in [5.41, 5.74) is 2.63. The van der Waals surface area contributed by atoms with Crippen LogP contribution >= 0.6 is 0 Å². The molecule has 1 aromatic carbocycles. The van der Waals surface area contributed by atoms with Gasteiger partial charge < -0.3 is 0 Å². The number of hydrogen-bond donors (Lipinski definition) is 0. The van der Waals surface area contributed by atoms with Crippen LogP contribution in [0.5, 0.6) is 0 Å². The number of carbonyl (C=O) groups is 1. The molecule has 2 heterocycles. The van der Waals surface area contributed by atoms with Crippen molar-refractivity contribution in [1.82, 2.24) is 9.55 Å². The first-order valence-electron chi connectivity index (χ1n) is 4.04. The molecule has 0 aliphatic carbocycles. The molecule has 1 aliphatic rings. The summed E-state index contributed by atoms with van der Waals surface area (Å²) >= 11 is 0. The van der Waals surface area contributed by atoms with Crippen LogP contribution in [0.4, 0.5) is 0 Å². The SMILES string of the molecule is O=C1c2ccccc2-c2cncn21. The fraction of sp³-hybridized carbons (Fsp3) is 0. The van der Waals surface area contributed by atoms with E-state index in [1.807, 2.05) is 24.3 Å². The van der Waals surface area contributed by atoms with Crippen LogP contribution in [0.15, 0.2) is 36.8 Å². The first-order chi connectivity index (χ1) is 6.38. The lowest BCUT2D eigenvalue weighted by molar-refractivity contribution is 0.0968. The lowest BCUT2D eigenvalue weighted by atomic mass is 10.1. The Morgan fingerprint density at radius 2 is 1.92 bits per heavy atom. The van der Waals surface area contributed by atoms with Crippen LogP contribution in [0.1, 0.15) is 10.4 Å². The van der Waals surface area contributed by atoms with E-state index in [1.54, 1.807) is 17.1 Å². The largest absolute Gasteiger partial charge is 0.268 e. The zero-order valence-electron chi connectivity index (χ0n) is 6.77. The van der Waals surface area contributed by atoms with Crippen molar-refractivity contribution in [3.8, 4) is 11.3 Å². The first-order valence-corrected chi connectivity index (χ1v) is 4.04. The summed E-state index contributed by atoms with van der Waals surface area (Å²) in [6.07, 6.45) is 3.27. The lowest BCUT2D eigenvalue weighted by Gasteiger charge is -1.92. The molecular weight excluding hydrogens is 164 g/mol. The second-order valence-electron chi connectivity index (χ2n) is 3.00. The van der Waals surface area contributed by atoms with Gasteiger partial charge in [-0.25, -0.2) is 4.98 Å². The molecule has 3 nitrogen and oxygen atoms in total. The van der Waals surface area contributed by atoms with E-state index >= 15 is 0 Å². The first kappa shape index (κ1) is 6.60. The summed E-state index contributed by atoms with van der Waals surface area (Å²) in [5.74, 6) is 0.0168.